The minimum Gasteiger partial charge on any atom is -0.496 e. The highest BCUT2D eigenvalue weighted by atomic mass is 79.9. The normalized spacial score (nSPS) is 11.4. The van der Waals surface area contributed by atoms with Gasteiger partial charge < -0.3 is 18.6 Å². The Morgan fingerprint density at radius 2 is 1.57 bits per heavy atom. The smallest absolute Gasteiger partial charge is 0.450 e. The molecule has 0 saturated carbocycles. The third-order valence-electron chi connectivity index (χ3n) is 5.10. The lowest BCUT2D eigenvalue weighted by Crippen LogP contribution is -2.16. The molecule has 0 amide bonds. The zero-order valence-corrected chi connectivity index (χ0v) is 19.8. The molecule has 0 aliphatic carbocycles. The zero-order chi connectivity index (χ0) is 25.3. The molecule has 0 atom stereocenters. The van der Waals surface area contributed by atoms with Crippen molar-refractivity contribution in [2.75, 3.05) is 14.2 Å². The number of halogens is 4. The molecule has 0 spiro atoms. The van der Waals surface area contributed by atoms with Crippen LogP contribution in [-0.2, 0) is 6.18 Å². The number of hydrogen-bond acceptors (Lipinski definition) is 6. The summed E-state index contributed by atoms with van der Waals surface area (Å²) >= 11 is 3.22. The molecular formula is C25H16BrF3O6. The summed E-state index contributed by atoms with van der Waals surface area (Å²) in [4.78, 5) is 25.9. The SMILES string of the molecule is COc1cccc(OC)c1C(=O)Oc1ccc2c(=O)c(-c3ccc(Br)cc3)c(C(F)(F)F)oc2c1. The van der Waals surface area contributed by atoms with Gasteiger partial charge in [-0.15, -0.1) is 0 Å². The Labute approximate surface area is 205 Å². The second-order valence-electron chi connectivity index (χ2n) is 7.22. The molecule has 0 unspecified atom stereocenters. The Morgan fingerprint density at radius 1 is 0.943 bits per heavy atom. The minimum absolute atomic E-state index is 0.0133. The fourth-order valence-corrected chi connectivity index (χ4v) is 3.79. The van der Waals surface area contributed by atoms with Gasteiger partial charge in [-0.3, -0.25) is 4.79 Å². The van der Waals surface area contributed by atoms with Crippen LogP contribution < -0.4 is 19.6 Å². The second kappa shape index (κ2) is 9.46. The highest BCUT2D eigenvalue weighted by molar-refractivity contribution is 9.10. The molecule has 10 heteroatoms. The fraction of sp³-hybridized carbons (Fsp3) is 0.120. The van der Waals surface area contributed by atoms with E-state index < -0.39 is 28.9 Å². The van der Waals surface area contributed by atoms with Crippen molar-refractivity contribution in [3.8, 4) is 28.4 Å². The molecule has 0 aliphatic heterocycles. The Morgan fingerprint density at radius 3 is 2.14 bits per heavy atom. The third kappa shape index (κ3) is 4.74. The number of esters is 1. The first-order valence-electron chi connectivity index (χ1n) is 10.0. The van der Waals surface area contributed by atoms with E-state index in [1.54, 1.807) is 6.07 Å². The molecule has 4 aromatic rings. The van der Waals surface area contributed by atoms with Gasteiger partial charge in [0.25, 0.3) is 0 Å². The van der Waals surface area contributed by atoms with E-state index in [1.807, 2.05) is 0 Å². The summed E-state index contributed by atoms with van der Waals surface area (Å²) in [5.74, 6) is -2.10. The zero-order valence-electron chi connectivity index (χ0n) is 18.2. The summed E-state index contributed by atoms with van der Waals surface area (Å²) in [5, 5.41) is -0.106. The van der Waals surface area contributed by atoms with E-state index in [0.717, 1.165) is 6.07 Å². The van der Waals surface area contributed by atoms with Gasteiger partial charge in [0, 0.05) is 10.5 Å². The number of hydrogen-bond donors (Lipinski definition) is 0. The fourth-order valence-electron chi connectivity index (χ4n) is 3.53. The van der Waals surface area contributed by atoms with Gasteiger partial charge in [0.2, 0.25) is 11.2 Å². The lowest BCUT2D eigenvalue weighted by molar-refractivity contribution is -0.152. The van der Waals surface area contributed by atoms with Gasteiger partial charge in [0.05, 0.1) is 25.2 Å². The second-order valence-corrected chi connectivity index (χ2v) is 8.14. The van der Waals surface area contributed by atoms with Gasteiger partial charge in [0.1, 0.15) is 28.4 Å². The predicted molar refractivity (Wildman–Crippen MR) is 125 cm³/mol. The van der Waals surface area contributed by atoms with Crippen molar-refractivity contribution in [1.29, 1.82) is 0 Å². The van der Waals surface area contributed by atoms with Crippen molar-refractivity contribution in [1.82, 2.24) is 0 Å². The average Bonchev–Trinajstić information content (AvgIpc) is 2.83. The van der Waals surface area contributed by atoms with Crippen molar-refractivity contribution >= 4 is 32.9 Å². The lowest BCUT2D eigenvalue weighted by atomic mass is 10.0. The Bertz CT molecular complexity index is 1450. The first-order chi connectivity index (χ1) is 16.6. The van der Waals surface area contributed by atoms with Crippen LogP contribution in [0.25, 0.3) is 22.1 Å². The summed E-state index contributed by atoms with van der Waals surface area (Å²) in [6, 6.07) is 14.1. The molecular weight excluding hydrogens is 533 g/mol. The van der Waals surface area contributed by atoms with Gasteiger partial charge in [-0.25, -0.2) is 4.79 Å². The van der Waals surface area contributed by atoms with Crippen LogP contribution in [0, 0.1) is 0 Å². The number of alkyl halides is 3. The van der Waals surface area contributed by atoms with Crippen molar-refractivity contribution in [2.45, 2.75) is 6.18 Å². The van der Waals surface area contributed by atoms with E-state index in [0.29, 0.717) is 4.47 Å². The maximum atomic E-state index is 13.9. The van der Waals surface area contributed by atoms with Crippen LogP contribution >= 0.6 is 15.9 Å². The molecule has 6 nitrogen and oxygen atoms in total. The molecule has 1 heterocycles. The van der Waals surface area contributed by atoms with Crippen LogP contribution in [0.3, 0.4) is 0 Å². The summed E-state index contributed by atoms with van der Waals surface area (Å²) in [6.45, 7) is 0. The van der Waals surface area contributed by atoms with Crippen molar-refractivity contribution in [3.63, 3.8) is 0 Å². The highest BCUT2D eigenvalue weighted by Crippen LogP contribution is 2.38. The monoisotopic (exact) mass is 548 g/mol. The standard InChI is InChI=1S/C25H16BrF3O6/c1-32-17-4-3-5-18(33-2)21(17)24(31)34-15-10-11-16-19(12-15)35-23(25(27,28)29)20(22(16)30)13-6-8-14(26)9-7-13/h3-12H,1-2H3. The highest BCUT2D eigenvalue weighted by Gasteiger charge is 2.39. The molecule has 0 fully saturated rings. The number of rotatable bonds is 5. The first kappa shape index (κ1) is 24.3. The van der Waals surface area contributed by atoms with E-state index in [1.165, 1.54) is 62.8 Å². The van der Waals surface area contributed by atoms with E-state index >= 15 is 0 Å². The first-order valence-corrected chi connectivity index (χ1v) is 10.8. The van der Waals surface area contributed by atoms with E-state index in [4.69, 9.17) is 18.6 Å². The van der Waals surface area contributed by atoms with Crippen LogP contribution in [0.15, 0.2) is 74.3 Å². The summed E-state index contributed by atoms with van der Waals surface area (Å²) in [7, 11) is 2.72. The van der Waals surface area contributed by atoms with Crippen LogP contribution in [0.4, 0.5) is 13.2 Å². The minimum atomic E-state index is -4.95. The van der Waals surface area contributed by atoms with Gasteiger partial charge >= 0.3 is 12.1 Å². The van der Waals surface area contributed by atoms with E-state index in [2.05, 4.69) is 15.9 Å². The quantitative estimate of drug-likeness (QED) is 0.210. The number of carbonyl (C=O) groups is 1. The molecule has 35 heavy (non-hydrogen) atoms. The molecule has 1 aromatic heterocycles. The summed E-state index contributed by atoms with van der Waals surface area (Å²) in [5.41, 5.74) is -1.83. The molecule has 0 N–H and O–H groups in total. The molecule has 0 saturated heterocycles. The Kier molecular flexibility index (Phi) is 6.58. The van der Waals surface area contributed by atoms with Gasteiger partial charge in [-0.2, -0.15) is 13.2 Å². The van der Waals surface area contributed by atoms with Crippen molar-refractivity contribution < 1.29 is 36.6 Å². The number of fused-ring (bicyclic) bond motifs is 1. The van der Waals surface area contributed by atoms with Crippen LogP contribution in [-0.4, -0.2) is 20.2 Å². The van der Waals surface area contributed by atoms with E-state index in [-0.39, 0.29) is 39.3 Å². The van der Waals surface area contributed by atoms with Crippen LogP contribution in [0.1, 0.15) is 16.1 Å². The number of benzene rings is 3. The van der Waals surface area contributed by atoms with Gasteiger partial charge in [-0.05, 0) is 42.0 Å². The Hall–Kier alpha value is -3.79. The predicted octanol–water partition coefficient (Wildman–Crippen LogP) is 6.48. The summed E-state index contributed by atoms with van der Waals surface area (Å²) < 4.78 is 63.1. The van der Waals surface area contributed by atoms with Crippen molar-refractivity contribution in [2.24, 2.45) is 0 Å². The molecule has 0 aliphatic rings. The number of methoxy groups -OCH3 is 2. The number of carbonyl (C=O) groups excluding carboxylic acids is 1. The largest absolute Gasteiger partial charge is 0.496 e. The van der Waals surface area contributed by atoms with Gasteiger partial charge in [-0.1, -0.05) is 34.1 Å². The maximum absolute atomic E-state index is 13.9. The number of ether oxygens (including phenoxy) is 3. The molecule has 0 radical (unpaired) electrons. The lowest BCUT2D eigenvalue weighted by Gasteiger charge is -2.14. The molecule has 0 bridgehead atoms. The molecule has 180 valence electrons. The molecule has 3 aromatic carbocycles. The summed E-state index contributed by atoms with van der Waals surface area (Å²) in [6.07, 6.45) is -4.95. The maximum Gasteiger partial charge on any atom is 0.450 e. The van der Waals surface area contributed by atoms with Crippen LogP contribution in [0.5, 0.6) is 17.2 Å². The average molecular weight is 549 g/mol. The molecule has 4 rings (SSSR count). The van der Waals surface area contributed by atoms with Crippen LogP contribution in [0.2, 0.25) is 0 Å². The Balaban J connectivity index is 1.82. The van der Waals surface area contributed by atoms with Gasteiger partial charge in [0.15, 0.2) is 0 Å². The topological polar surface area (TPSA) is 75.0 Å². The van der Waals surface area contributed by atoms with E-state index in [9.17, 15) is 22.8 Å². The third-order valence-corrected chi connectivity index (χ3v) is 5.63. The van der Waals surface area contributed by atoms with Crippen molar-refractivity contribution in [3.05, 3.63) is 86.7 Å².